The molecule has 0 aliphatic carbocycles. The maximum atomic E-state index is 13.2. The minimum atomic E-state index is -0.0789. The van der Waals surface area contributed by atoms with Crippen molar-refractivity contribution in [3.63, 3.8) is 0 Å². The van der Waals surface area contributed by atoms with Crippen molar-refractivity contribution in [2.24, 2.45) is 0 Å². The summed E-state index contributed by atoms with van der Waals surface area (Å²) in [7, 11) is 0. The fourth-order valence-corrected chi connectivity index (χ4v) is 3.15. The number of nitrogens with zero attached hydrogens (tertiary/aromatic N) is 2. The van der Waals surface area contributed by atoms with Gasteiger partial charge in [-0.15, -0.1) is 0 Å². The Morgan fingerprint density at radius 1 is 0.897 bits per heavy atom. The van der Waals surface area contributed by atoms with Gasteiger partial charge in [-0.2, -0.15) is 0 Å². The first-order chi connectivity index (χ1) is 14.3. The molecule has 0 radical (unpaired) electrons. The van der Waals surface area contributed by atoms with Crippen LogP contribution in [0.15, 0.2) is 83.7 Å². The Balaban J connectivity index is 1.76. The second-order valence-electron chi connectivity index (χ2n) is 6.71. The van der Waals surface area contributed by atoms with Crippen LogP contribution in [0.25, 0.3) is 28.7 Å². The predicted molar refractivity (Wildman–Crippen MR) is 118 cm³/mol. The molecule has 4 heteroatoms. The molecular formula is C25H22N2O2. The zero-order valence-electron chi connectivity index (χ0n) is 16.3. The largest absolute Gasteiger partial charge is 0.494 e. The van der Waals surface area contributed by atoms with Crippen molar-refractivity contribution in [2.75, 3.05) is 6.61 Å². The number of hydrogen-bond donors (Lipinski definition) is 0. The summed E-state index contributed by atoms with van der Waals surface area (Å²) < 4.78 is 7.28. The molecule has 29 heavy (non-hydrogen) atoms. The monoisotopic (exact) mass is 382 g/mol. The van der Waals surface area contributed by atoms with Gasteiger partial charge in [-0.25, -0.2) is 4.98 Å². The van der Waals surface area contributed by atoms with Gasteiger partial charge >= 0.3 is 0 Å². The molecular weight excluding hydrogens is 360 g/mol. The van der Waals surface area contributed by atoms with E-state index in [-0.39, 0.29) is 5.56 Å². The van der Waals surface area contributed by atoms with Crippen LogP contribution >= 0.6 is 0 Å². The lowest BCUT2D eigenvalue weighted by Gasteiger charge is -2.11. The molecule has 0 bridgehead atoms. The van der Waals surface area contributed by atoms with E-state index < -0.39 is 0 Å². The number of aromatic nitrogens is 2. The summed E-state index contributed by atoms with van der Waals surface area (Å²) >= 11 is 0. The standard InChI is InChI=1S/C25H22N2O2/c1-2-18-29-21-15-12-19(13-16-21)14-17-24-26-23-11-7-6-10-22(23)25(28)27(24)20-8-4-3-5-9-20/h3-17H,2,18H2,1H3/b17-14+. The summed E-state index contributed by atoms with van der Waals surface area (Å²) in [6.45, 7) is 2.79. The van der Waals surface area contributed by atoms with Crippen LogP contribution in [0.1, 0.15) is 24.7 Å². The Labute approximate surface area is 169 Å². The molecule has 0 atom stereocenters. The van der Waals surface area contributed by atoms with Crippen LogP contribution < -0.4 is 10.3 Å². The quantitative estimate of drug-likeness (QED) is 0.452. The van der Waals surface area contributed by atoms with Crippen molar-refractivity contribution in [1.82, 2.24) is 9.55 Å². The average Bonchev–Trinajstić information content (AvgIpc) is 2.77. The molecule has 0 saturated carbocycles. The van der Waals surface area contributed by atoms with Crippen molar-refractivity contribution in [3.8, 4) is 11.4 Å². The second-order valence-corrected chi connectivity index (χ2v) is 6.71. The van der Waals surface area contributed by atoms with E-state index in [1.165, 1.54) is 0 Å². The Hall–Kier alpha value is -3.66. The highest BCUT2D eigenvalue weighted by Crippen LogP contribution is 2.17. The molecule has 4 nitrogen and oxygen atoms in total. The molecule has 0 amide bonds. The molecule has 1 heterocycles. The van der Waals surface area contributed by atoms with Gasteiger partial charge in [0.2, 0.25) is 0 Å². The van der Waals surface area contributed by atoms with Gasteiger partial charge < -0.3 is 4.74 Å². The fourth-order valence-electron chi connectivity index (χ4n) is 3.15. The Kier molecular flexibility index (Phi) is 5.52. The third kappa shape index (κ3) is 4.11. The molecule has 4 rings (SSSR count). The summed E-state index contributed by atoms with van der Waals surface area (Å²) in [4.78, 5) is 17.9. The fraction of sp³-hybridized carbons (Fsp3) is 0.120. The Bertz CT molecular complexity index is 1190. The van der Waals surface area contributed by atoms with Gasteiger partial charge in [0.1, 0.15) is 11.6 Å². The lowest BCUT2D eigenvalue weighted by Crippen LogP contribution is -2.22. The van der Waals surface area contributed by atoms with Crippen LogP contribution in [0.2, 0.25) is 0 Å². The Morgan fingerprint density at radius 3 is 2.38 bits per heavy atom. The maximum absolute atomic E-state index is 13.2. The van der Waals surface area contributed by atoms with E-state index in [1.807, 2.05) is 91.0 Å². The summed E-state index contributed by atoms with van der Waals surface area (Å²) in [5.74, 6) is 1.44. The van der Waals surface area contributed by atoms with Crippen molar-refractivity contribution in [1.29, 1.82) is 0 Å². The topological polar surface area (TPSA) is 44.1 Å². The lowest BCUT2D eigenvalue weighted by atomic mass is 10.2. The van der Waals surface area contributed by atoms with E-state index in [0.29, 0.717) is 23.3 Å². The minimum Gasteiger partial charge on any atom is -0.494 e. The number of fused-ring (bicyclic) bond motifs is 1. The highest BCUT2D eigenvalue weighted by molar-refractivity contribution is 5.80. The smallest absolute Gasteiger partial charge is 0.266 e. The van der Waals surface area contributed by atoms with E-state index >= 15 is 0 Å². The van der Waals surface area contributed by atoms with Crippen LogP contribution in [-0.2, 0) is 0 Å². The van der Waals surface area contributed by atoms with E-state index in [0.717, 1.165) is 23.4 Å². The highest BCUT2D eigenvalue weighted by atomic mass is 16.5. The Morgan fingerprint density at radius 2 is 1.62 bits per heavy atom. The number of hydrogen-bond acceptors (Lipinski definition) is 3. The second kappa shape index (κ2) is 8.57. The van der Waals surface area contributed by atoms with Gasteiger partial charge in [-0.1, -0.05) is 55.5 Å². The summed E-state index contributed by atoms with van der Waals surface area (Å²) in [5, 5.41) is 0.603. The third-order valence-electron chi connectivity index (χ3n) is 4.59. The van der Waals surface area contributed by atoms with Crippen LogP contribution in [0, 0.1) is 0 Å². The first-order valence-corrected chi connectivity index (χ1v) is 9.74. The summed E-state index contributed by atoms with van der Waals surface area (Å²) in [6.07, 6.45) is 4.81. The number of ether oxygens (including phenoxy) is 1. The van der Waals surface area contributed by atoms with Crippen molar-refractivity contribution in [2.45, 2.75) is 13.3 Å². The average molecular weight is 382 g/mol. The van der Waals surface area contributed by atoms with E-state index in [2.05, 4.69) is 6.92 Å². The molecule has 3 aromatic carbocycles. The first-order valence-electron chi connectivity index (χ1n) is 9.74. The zero-order valence-corrected chi connectivity index (χ0v) is 16.3. The maximum Gasteiger partial charge on any atom is 0.266 e. The van der Waals surface area contributed by atoms with Gasteiger partial charge in [-0.05, 0) is 54.5 Å². The molecule has 0 fully saturated rings. The molecule has 1 aromatic heterocycles. The van der Waals surface area contributed by atoms with Crippen molar-refractivity contribution < 1.29 is 4.74 Å². The third-order valence-corrected chi connectivity index (χ3v) is 4.59. The summed E-state index contributed by atoms with van der Waals surface area (Å²) in [5.41, 5.74) is 2.41. The lowest BCUT2D eigenvalue weighted by molar-refractivity contribution is 0.317. The van der Waals surface area contributed by atoms with Crippen molar-refractivity contribution in [3.05, 3.63) is 101 Å². The van der Waals surface area contributed by atoms with E-state index in [4.69, 9.17) is 9.72 Å². The van der Waals surface area contributed by atoms with Gasteiger partial charge in [0.25, 0.3) is 5.56 Å². The van der Waals surface area contributed by atoms with Crippen LogP contribution in [0.3, 0.4) is 0 Å². The molecule has 4 aromatic rings. The van der Waals surface area contributed by atoms with Crippen LogP contribution in [0.4, 0.5) is 0 Å². The number of para-hydroxylation sites is 2. The SMILES string of the molecule is CCCOc1ccc(/C=C/c2nc3ccccc3c(=O)n2-c2ccccc2)cc1. The molecule has 0 aliphatic rings. The van der Waals surface area contributed by atoms with Crippen LogP contribution in [0.5, 0.6) is 5.75 Å². The van der Waals surface area contributed by atoms with Crippen molar-refractivity contribution >= 4 is 23.1 Å². The first kappa shape index (κ1) is 18.7. The minimum absolute atomic E-state index is 0.0789. The summed E-state index contributed by atoms with van der Waals surface area (Å²) in [6, 6.07) is 24.9. The van der Waals surface area contributed by atoms with Gasteiger partial charge in [0.15, 0.2) is 0 Å². The zero-order chi connectivity index (χ0) is 20.1. The molecule has 0 unspecified atom stereocenters. The molecule has 144 valence electrons. The van der Waals surface area contributed by atoms with E-state index in [9.17, 15) is 4.79 Å². The normalized spacial score (nSPS) is 11.2. The predicted octanol–water partition coefficient (Wildman–Crippen LogP) is 5.34. The molecule has 0 N–H and O–H groups in total. The number of benzene rings is 3. The molecule has 0 aliphatic heterocycles. The van der Waals surface area contributed by atoms with Gasteiger partial charge in [-0.3, -0.25) is 9.36 Å². The van der Waals surface area contributed by atoms with Gasteiger partial charge in [0, 0.05) is 0 Å². The molecule has 0 saturated heterocycles. The highest BCUT2D eigenvalue weighted by Gasteiger charge is 2.10. The van der Waals surface area contributed by atoms with Gasteiger partial charge in [0.05, 0.1) is 23.2 Å². The number of rotatable bonds is 6. The molecule has 0 spiro atoms. The van der Waals surface area contributed by atoms with Crippen LogP contribution in [-0.4, -0.2) is 16.2 Å². The van der Waals surface area contributed by atoms with E-state index in [1.54, 1.807) is 4.57 Å².